The van der Waals surface area contributed by atoms with Crippen LogP contribution in [0.4, 0.5) is 0 Å². The van der Waals surface area contributed by atoms with Crippen molar-refractivity contribution < 1.29 is 4.74 Å². The fraction of sp³-hybridized carbons (Fsp3) is 0.357. The van der Waals surface area contributed by atoms with E-state index >= 15 is 0 Å². The highest BCUT2D eigenvalue weighted by Gasteiger charge is 2.04. The molecule has 0 saturated carbocycles. The number of hydrogen-bond acceptors (Lipinski definition) is 3. The molecule has 0 radical (unpaired) electrons. The Balaban J connectivity index is 1.82. The molecule has 102 valence electrons. The molecule has 0 spiro atoms. The molecular weight excluding hydrogens is 262 g/mol. The third kappa shape index (κ3) is 3.49. The van der Waals surface area contributed by atoms with Gasteiger partial charge in [0, 0.05) is 7.05 Å². The number of nitrogens with one attached hydrogen (secondary N) is 1. The van der Waals surface area contributed by atoms with Crippen molar-refractivity contribution in [3.05, 3.63) is 47.0 Å². The zero-order valence-corrected chi connectivity index (χ0v) is 11.9. The molecule has 2 aromatic rings. The van der Waals surface area contributed by atoms with Crippen molar-refractivity contribution in [2.24, 2.45) is 7.05 Å². The van der Waals surface area contributed by atoms with Gasteiger partial charge in [0.25, 0.3) is 0 Å². The molecule has 0 aliphatic heterocycles. The Morgan fingerprint density at radius 1 is 1.37 bits per heavy atom. The molecule has 0 saturated heterocycles. The monoisotopic (exact) mass is 279 g/mol. The third-order valence-corrected chi connectivity index (χ3v) is 3.43. The van der Waals surface area contributed by atoms with Gasteiger partial charge >= 0.3 is 0 Å². The number of ether oxygens (including phenoxy) is 1. The average molecular weight is 280 g/mol. The number of benzene rings is 1. The van der Waals surface area contributed by atoms with Crippen LogP contribution in [0.25, 0.3) is 0 Å². The Labute approximate surface area is 118 Å². The van der Waals surface area contributed by atoms with Crippen molar-refractivity contribution in [1.82, 2.24) is 14.9 Å². The Hall–Kier alpha value is -1.52. The van der Waals surface area contributed by atoms with E-state index in [1.807, 2.05) is 29.8 Å². The van der Waals surface area contributed by atoms with Gasteiger partial charge in [-0.1, -0.05) is 29.8 Å². The maximum absolute atomic E-state index is 5.93. The standard InChI is InChI=1S/C14H18ClN3O/c1-18-13(15)9-17-14(18)10-16-8-7-11-5-3-4-6-12(11)19-2/h3-6,9,16H,7-8,10H2,1-2H3. The van der Waals surface area contributed by atoms with E-state index in [0.29, 0.717) is 11.7 Å². The number of aromatic nitrogens is 2. The van der Waals surface area contributed by atoms with Gasteiger partial charge in [0.15, 0.2) is 0 Å². The Bertz CT molecular complexity index is 539. The summed E-state index contributed by atoms with van der Waals surface area (Å²) in [5, 5.41) is 4.01. The number of methoxy groups -OCH3 is 1. The number of para-hydroxylation sites is 1. The van der Waals surface area contributed by atoms with Crippen molar-refractivity contribution in [1.29, 1.82) is 0 Å². The summed E-state index contributed by atoms with van der Waals surface area (Å²) in [6.45, 7) is 1.57. The van der Waals surface area contributed by atoms with E-state index in [-0.39, 0.29) is 0 Å². The first-order chi connectivity index (χ1) is 9.22. The molecule has 2 rings (SSSR count). The van der Waals surface area contributed by atoms with Gasteiger partial charge < -0.3 is 14.6 Å². The summed E-state index contributed by atoms with van der Waals surface area (Å²) in [6, 6.07) is 8.06. The van der Waals surface area contributed by atoms with E-state index in [4.69, 9.17) is 16.3 Å². The highest BCUT2D eigenvalue weighted by molar-refractivity contribution is 6.29. The summed E-state index contributed by atoms with van der Waals surface area (Å²) in [5.74, 6) is 1.87. The minimum Gasteiger partial charge on any atom is -0.496 e. The van der Waals surface area contributed by atoms with Crippen LogP contribution in [0, 0.1) is 0 Å². The predicted molar refractivity (Wildman–Crippen MR) is 76.6 cm³/mol. The molecule has 4 nitrogen and oxygen atoms in total. The topological polar surface area (TPSA) is 39.1 Å². The fourth-order valence-electron chi connectivity index (χ4n) is 1.92. The fourth-order valence-corrected chi connectivity index (χ4v) is 2.07. The molecule has 1 N–H and O–H groups in total. The highest BCUT2D eigenvalue weighted by Crippen LogP contribution is 2.17. The lowest BCUT2D eigenvalue weighted by atomic mass is 10.1. The lowest BCUT2D eigenvalue weighted by Gasteiger charge is -2.09. The smallest absolute Gasteiger partial charge is 0.128 e. The zero-order chi connectivity index (χ0) is 13.7. The van der Waals surface area contributed by atoms with Crippen molar-refractivity contribution in [3.8, 4) is 5.75 Å². The molecule has 1 aromatic carbocycles. The van der Waals surface area contributed by atoms with Crippen LogP contribution in [0.3, 0.4) is 0 Å². The second-order valence-corrected chi connectivity index (χ2v) is 4.68. The van der Waals surface area contributed by atoms with Crippen LogP contribution in [0.5, 0.6) is 5.75 Å². The van der Waals surface area contributed by atoms with Gasteiger partial charge in [-0.2, -0.15) is 0 Å². The quantitative estimate of drug-likeness (QED) is 0.826. The molecule has 0 aliphatic rings. The minimum atomic E-state index is 0.654. The van der Waals surface area contributed by atoms with E-state index in [1.54, 1.807) is 13.3 Å². The van der Waals surface area contributed by atoms with Crippen LogP contribution in [-0.2, 0) is 20.0 Å². The number of nitrogens with zero attached hydrogens (tertiary/aromatic N) is 2. The molecule has 0 atom stereocenters. The van der Waals surface area contributed by atoms with E-state index < -0.39 is 0 Å². The minimum absolute atomic E-state index is 0.654. The van der Waals surface area contributed by atoms with Gasteiger partial charge in [0.2, 0.25) is 0 Å². The SMILES string of the molecule is COc1ccccc1CCNCc1ncc(Cl)n1C. The Morgan fingerprint density at radius 2 is 2.16 bits per heavy atom. The van der Waals surface area contributed by atoms with Gasteiger partial charge in [-0.25, -0.2) is 4.98 Å². The third-order valence-electron chi connectivity index (χ3n) is 3.07. The van der Waals surface area contributed by atoms with E-state index in [9.17, 15) is 0 Å². The lowest BCUT2D eigenvalue weighted by Crippen LogP contribution is -2.19. The van der Waals surface area contributed by atoms with Gasteiger partial charge in [0.05, 0.1) is 19.9 Å². The second-order valence-electron chi connectivity index (χ2n) is 4.29. The van der Waals surface area contributed by atoms with Crippen LogP contribution < -0.4 is 10.1 Å². The maximum atomic E-state index is 5.93. The Morgan fingerprint density at radius 3 is 2.84 bits per heavy atom. The number of hydrogen-bond donors (Lipinski definition) is 1. The van der Waals surface area contributed by atoms with E-state index in [2.05, 4.69) is 16.4 Å². The molecule has 0 amide bonds. The van der Waals surface area contributed by atoms with Gasteiger partial charge in [-0.15, -0.1) is 0 Å². The highest BCUT2D eigenvalue weighted by atomic mass is 35.5. The van der Waals surface area contributed by atoms with Crippen LogP contribution in [-0.4, -0.2) is 23.2 Å². The molecule has 0 bridgehead atoms. The number of rotatable bonds is 6. The second kappa shape index (κ2) is 6.59. The summed E-state index contributed by atoms with van der Waals surface area (Å²) in [7, 11) is 3.61. The van der Waals surface area contributed by atoms with Gasteiger partial charge in [0.1, 0.15) is 16.7 Å². The van der Waals surface area contributed by atoms with Crippen molar-refractivity contribution in [2.45, 2.75) is 13.0 Å². The summed E-state index contributed by atoms with van der Waals surface area (Å²) in [6.07, 6.45) is 2.58. The Kier molecular flexibility index (Phi) is 4.82. The molecule has 0 unspecified atom stereocenters. The van der Waals surface area contributed by atoms with Crippen LogP contribution in [0.2, 0.25) is 5.15 Å². The lowest BCUT2D eigenvalue weighted by molar-refractivity contribution is 0.409. The van der Waals surface area contributed by atoms with Crippen molar-refractivity contribution in [3.63, 3.8) is 0 Å². The first-order valence-corrected chi connectivity index (χ1v) is 6.59. The van der Waals surface area contributed by atoms with E-state index in [0.717, 1.165) is 24.5 Å². The molecule has 0 aliphatic carbocycles. The van der Waals surface area contributed by atoms with Crippen molar-refractivity contribution in [2.75, 3.05) is 13.7 Å². The summed E-state index contributed by atoms with van der Waals surface area (Å²) >= 11 is 5.93. The predicted octanol–water partition coefficient (Wildman–Crippen LogP) is 2.41. The summed E-state index contributed by atoms with van der Waals surface area (Å²) in [5.41, 5.74) is 1.20. The average Bonchev–Trinajstić information content (AvgIpc) is 2.76. The molecular formula is C14H18ClN3O. The maximum Gasteiger partial charge on any atom is 0.128 e. The first-order valence-electron chi connectivity index (χ1n) is 6.21. The zero-order valence-electron chi connectivity index (χ0n) is 11.2. The van der Waals surface area contributed by atoms with Crippen LogP contribution in [0.1, 0.15) is 11.4 Å². The van der Waals surface area contributed by atoms with E-state index in [1.165, 1.54) is 5.56 Å². The first kappa shape index (κ1) is 13.9. The normalized spacial score (nSPS) is 10.7. The summed E-state index contributed by atoms with van der Waals surface area (Å²) in [4.78, 5) is 4.24. The van der Waals surface area contributed by atoms with Crippen LogP contribution >= 0.6 is 11.6 Å². The molecule has 19 heavy (non-hydrogen) atoms. The van der Waals surface area contributed by atoms with Gasteiger partial charge in [-0.05, 0) is 24.6 Å². The molecule has 1 aromatic heterocycles. The molecule has 0 fully saturated rings. The van der Waals surface area contributed by atoms with Crippen LogP contribution in [0.15, 0.2) is 30.5 Å². The number of halogens is 1. The largest absolute Gasteiger partial charge is 0.496 e. The summed E-state index contributed by atoms with van der Waals surface area (Å²) < 4.78 is 7.19. The molecule has 1 heterocycles. The van der Waals surface area contributed by atoms with Crippen molar-refractivity contribution >= 4 is 11.6 Å². The number of imidazole rings is 1. The molecule has 5 heteroatoms. The van der Waals surface area contributed by atoms with Gasteiger partial charge in [-0.3, -0.25) is 0 Å².